The van der Waals surface area contributed by atoms with Gasteiger partial charge in [0.2, 0.25) is 0 Å². The molecule has 0 aromatic heterocycles. The highest BCUT2D eigenvalue weighted by atomic mass is 35.5. The van der Waals surface area contributed by atoms with Crippen molar-refractivity contribution in [3.63, 3.8) is 0 Å². The van der Waals surface area contributed by atoms with Crippen molar-refractivity contribution in [3.05, 3.63) is 104 Å². The number of halogens is 1. The predicted octanol–water partition coefficient (Wildman–Crippen LogP) is 6.63. The minimum absolute atomic E-state index is 0.000504. The fourth-order valence-electron chi connectivity index (χ4n) is 4.83. The molecule has 2 unspecified atom stereocenters. The molecular weight excluding hydrogens is 466 g/mol. The number of nitro groups is 1. The molecule has 2 atom stereocenters. The summed E-state index contributed by atoms with van der Waals surface area (Å²) in [5.41, 5.74) is 4.58. The van der Waals surface area contributed by atoms with E-state index in [4.69, 9.17) is 16.3 Å². The Morgan fingerprint density at radius 2 is 1.74 bits per heavy atom. The van der Waals surface area contributed by atoms with Crippen molar-refractivity contribution in [2.24, 2.45) is 0 Å². The number of nitrogens with zero attached hydrogens (tertiary/aromatic N) is 1. The molecule has 0 spiro atoms. The number of carbonyl (C=O) groups is 1. The van der Waals surface area contributed by atoms with Crippen LogP contribution < -0.4 is 15.4 Å². The number of fused-ring (bicyclic) bond motifs is 1. The molecule has 178 valence electrons. The van der Waals surface area contributed by atoms with Gasteiger partial charge in [0, 0.05) is 23.8 Å². The molecule has 0 radical (unpaired) electrons. The van der Waals surface area contributed by atoms with Crippen LogP contribution in [0.25, 0.3) is 0 Å². The van der Waals surface area contributed by atoms with Crippen molar-refractivity contribution >= 4 is 34.4 Å². The molecule has 35 heavy (non-hydrogen) atoms. The second-order valence-electron chi connectivity index (χ2n) is 8.64. The maximum absolute atomic E-state index is 13.6. The first-order valence-electron chi connectivity index (χ1n) is 11.5. The molecule has 0 amide bonds. The molecule has 8 heteroatoms. The monoisotopic (exact) mass is 489 g/mol. The molecule has 0 saturated heterocycles. The van der Waals surface area contributed by atoms with E-state index in [1.807, 2.05) is 55.5 Å². The minimum atomic E-state index is -0.550. The first-order valence-corrected chi connectivity index (χ1v) is 11.9. The van der Waals surface area contributed by atoms with E-state index in [1.54, 1.807) is 6.07 Å². The van der Waals surface area contributed by atoms with Crippen molar-refractivity contribution < 1.29 is 14.5 Å². The van der Waals surface area contributed by atoms with Crippen LogP contribution in [-0.4, -0.2) is 17.3 Å². The summed E-state index contributed by atoms with van der Waals surface area (Å²) in [5.74, 6) is 0.809. The van der Waals surface area contributed by atoms with E-state index in [0.717, 1.165) is 28.4 Å². The van der Waals surface area contributed by atoms with Gasteiger partial charge in [-0.25, -0.2) is 0 Å². The fourth-order valence-corrected chi connectivity index (χ4v) is 5.02. The third-order valence-electron chi connectivity index (χ3n) is 6.47. The van der Waals surface area contributed by atoms with E-state index in [-0.39, 0.29) is 22.4 Å². The standard InChI is InChI=1S/C27H24ClN3O4/c1-2-35-19-10-7-16(8-11-19)18-13-23-26(25(32)15-18)27(30-22-6-4-3-5-21(22)29-23)17-9-12-20(28)24(14-17)31(33)34/h3-12,14,18,27,29-30H,2,13,15H2,1H3. The number of carbonyl (C=O) groups excluding carboxylic acids is 1. The summed E-state index contributed by atoms with van der Waals surface area (Å²) >= 11 is 6.06. The van der Waals surface area contributed by atoms with Gasteiger partial charge >= 0.3 is 0 Å². The Bertz CT molecular complexity index is 1340. The lowest BCUT2D eigenvalue weighted by atomic mass is 9.78. The zero-order valence-electron chi connectivity index (χ0n) is 19.1. The van der Waals surface area contributed by atoms with Gasteiger partial charge in [0.05, 0.1) is 28.9 Å². The Kier molecular flexibility index (Phi) is 6.17. The first kappa shape index (κ1) is 22.9. The van der Waals surface area contributed by atoms with Gasteiger partial charge in [0.1, 0.15) is 10.8 Å². The highest BCUT2D eigenvalue weighted by molar-refractivity contribution is 6.32. The quantitative estimate of drug-likeness (QED) is 0.308. The number of rotatable bonds is 5. The number of allylic oxidation sites excluding steroid dienone is 1. The molecule has 2 aliphatic rings. The maximum Gasteiger partial charge on any atom is 0.288 e. The molecule has 1 aliphatic heterocycles. The number of hydrogen-bond acceptors (Lipinski definition) is 6. The molecule has 7 nitrogen and oxygen atoms in total. The van der Waals surface area contributed by atoms with E-state index in [1.165, 1.54) is 12.1 Å². The third-order valence-corrected chi connectivity index (χ3v) is 6.79. The van der Waals surface area contributed by atoms with Crippen LogP contribution in [-0.2, 0) is 4.79 Å². The maximum atomic E-state index is 13.6. The topological polar surface area (TPSA) is 93.5 Å². The highest BCUT2D eigenvalue weighted by Crippen LogP contribution is 2.45. The Hall–Kier alpha value is -3.84. The van der Waals surface area contributed by atoms with Gasteiger partial charge in [-0.15, -0.1) is 0 Å². The summed E-state index contributed by atoms with van der Waals surface area (Å²) < 4.78 is 5.55. The van der Waals surface area contributed by atoms with E-state index in [9.17, 15) is 14.9 Å². The molecule has 0 fully saturated rings. The Morgan fingerprint density at radius 3 is 2.46 bits per heavy atom. The van der Waals surface area contributed by atoms with Crippen LogP contribution in [0, 0.1) is 10.1 Å². The summed E-state index contributed by atoms with van der Waals surface area (Å²) in [7, 11) is 0. The largest absolute Gasteiger partial charge is 0.494 e. The van der Waals surface area contributed by atoms with Gasteiger partial charge in [0.25, 0.3) is 5.69 Å². The minimum Gasteiger partial charge on any atom is -0.494 e. The van der Waals surface area contributed by atoms with Gasteiger partial charge in [-0.1, -0.05) is 41.9 Å². The highest BCUT2D eigenvalue weighted by Gasteiger charge is 2.36. The van der Waals surface area contributed by atoms with Crippen LogP contribution in [0.15, 0.2) is 78.0 Å². The fraction of sp³-hybridized carbons (Fsp3) is 0.222. The SMILES string of the molecule is CCOc1ccc(C2CC(=O)C3=C(C2)Nc2ccccc2NC3c2ccc(Cl)c([N+](=O)[O-])c2)cc1. The predicted molar refractivity (Wildman–Crippen MR) is 136 cm³/mol. The third kappa shape index (κ3) is 4.47. The van der Waals surface area contributed by atoms with E-state index in [2.05, 4.69) is 10.6 Å². The molecule has 1 aliphatic carbocycles. The second kappa shape index (κ2) is 9.43. The number of nitrogens with one attached hydrogen (secondary N) is 2. The van der Waals surface area contributed by atoms with Gasteiger partial charge in [0.15, 0.2) is 5.78 Å². The lowest BCUT2D eigenvalue weighted by Crippen LogP contribution is -2.27. The molecule has 3 aromatic carbocycles. The van der Waals surface area contributed by atoms with Crippen LogP contribution in [0.4, 0.5) is 17.1 Å². The van der Waals surface area contributed by atoms with Gasteiger partial charge in [-0.3, -0.25) is 14.9 Å². The van der Waals surface area contributed by atoms with Crippen molar-refractivity contribution in [1.29, 1.82) is 0 Å². The molecular formula is C27H24ClN3O4. The summed E-state index contributed by atoms with van der Waals surface area (Å²) in [6.07, 6.45) is 0.982. The van der Waals surface area contributed by atoms with E-state index < -0.39 is 11.0 Å². The number of hydrogen-bond donors (Lipinski definition) is 2. The van der Waals surface area contributed by atoms with Crippen molar-refractivity contribution in [2.45, 2.75) is 31.7 Å². The van der Waals surface area contributed by atoms with Crippen molar-refractivity contribution in [3.8, 4) is 5.75 Å². The number of para-hydroxylation sites is 2. The zero-order chi connectivity index (χ0) is 24.5. The Balaban J connectivity index is 1.57. The summed E-state index contributed by atoms with van der Waals surface area (Å²) in [5, 5.41) is 18.5. The van der Waals surface area contributed by atoms with Gasteiger partial charge in [-0.2, -0.15) is 0 Å². The summed E-state index contributed by atoms with van der Waals surface area (Å²) in [4.78, 5) is 24.7. The number of anilines is 2. The second-order valence-corrected chi connectivity index (χ2v) is 9.05. The van der Waals surface area contributed by atoms with Crippen molar-refractivity contribution in [2.75, 3.05) is 17.2 Å². The Labute approximate surface area is 207 Å². The zero-order valence-corrected chi connectivity index (χ0v) is 19.8. The van der Waals surface area contributed by atoms with Gasteiger partial charge < -0.3 is 15.4 Å². The molecule has 1 heterocycles. The lowest BCUT2D eigenvalue weighted by molar-refractivity contribution is -0.384. The Morgan fingerprint density at radius 1 is 1.03 bits per heavy atom. The van der Waals surface area contributed by atoms with Crippen LogP contribution in [0.5, 0.6) is 5.75 Å². The summed E-state index contributed by atoms with van der Waals surface area (Å²) in [6.45, 7) is 2.54. The average molecular weight is 490 g/mol. The number of Topliss-reactive ketones (excluding diaryl/α,β-unsaturated/α-hetero) is 1. The smallest absolute Gasteiger partial charge is 0.288 e. The van der Waals surface area contributed by atoms with E-state index in [0.29, 0.717) is 30.6 Å². The molecule has 0 saturated carbocycles. The molecule has 5 rings (SSSR count). The molecule has 3 aromatic rings. The normalized spacial score (nSPS) is 19.1. The summed E-state index contributed by atoms with van der Waals surface area (Å²) in [6, 6.07) is 19.7. The van der Waals surface area contributed by atoms with E-state index >= 15 is 0 Å². The average Bonchev–Trinajstić information content (AvgIpc) is 3.02. The van der Waals surface area contributed by atoms with Gasteiger partial charge in [-0.05, 0) is 60.7 Å². The number of nitro benzene ring substituents is 1. The number of benzene rings is 3. The van der Waals surface area contributed by atoms with Crippen LogP contribution in [0.3, 0.4) is 0 Å². The van der Waals surface area contributed by atoms with Crippen LogP contribution >= 0.6 is 11.6 Å². The molecule has 2 N–H and O–H groups in total. The van der Waals surface area contributed by atoms with Crippen molar-refractivity contribution in [1.82, 2.24) is 0 Å². The first-order chi connectivity index (χ1) is 16.9. The van der Waals surface area contributed by atoms with Crippen LogP contribution in [0.2, 0.25) is 5.02 Å². The molecule has 0 bridgehead atoms. The number of ether oxygens (including phenoxy) is 1. The number of ketones is 1. The van der Waals surface area contributed by atoms with Crippen LogP contribution in [0.1, 0.15) is 42.9 Å². The lowest BCUT2D eigenvalue weighted by Gasteiger charge is -2.30.